The van der Waals surface area contributed by atoms with Gasteiger partial charge in [-0.25, -0.2) is 4.98 Å². The fraction of sp³-hybridized carbons (Fsp3) is 0.290. The van der Waals surface area contributed by atoms with Crippen LogP contribution in [0.5, 0.6) is 0 Å². The summed E-state index contributed by atoms with van der Waals surface area (Å²) >= 11 is 0. The first-order chi connectivity index (χ1) is 19.2. The fourth-order valence-corrected chi connectivity index (χ4v) is 5.25. The molecule has 0 unspecified atom stereocenters. The van der Waals surface area contributed by atoms with E-state index in [0.717, 1.165) is 47.7 Å². The number of anilines is 3. The number of benzene rings is 2. The van der Waals surface area contributed by atoms with Crippen LogP contribution in [0.2, 0.25) is 0 Å². The first-order valence-electron chi connectivity index (χ1n) is 13.6. The number of aromatic nitrogens is 3. The monoisotopic (exact) mass is 520 g/mol. The van der Waals surface area contributed by atoms with E-state index in [0.29, 0.717) is 38.7 Å². The molecule has 1 fully saturated rings. The lowest BCUT2D eigenvalue weighted by Gasteiger charge is -2.32. The highest BCUT2D eigenvalue weighted by atomic mass is 16.5. The molecule has 6 rings (SSSR count). The lowest BCUT2D eigenvalue weighted by atomic mass is 10.0. The SMILES string of the molecule is O=C([C@@H](Cc1ccccc1)Nc1nccc(N2CCCc3cnc(-c4ccccc4)cc32)n1)N1CCOCC1. The van der Waals surface area contributed by atoms with Gasteiger partial charge in [0.1, 0.15) is 11.9 Å². The summed E-state index contributed by atoms with van der Waals surface area (Å²) < 4.78 is 5.47. The van der Waals surface area contributed by atoms with E-state index in [1.807, 2.05) is 65.7 Å². The molecule has 0 spiro atoms. The molecule has 198 valence electrons. The summed E-state index contributed by atoms with van der Waals surface area (Å²) in [4.78, 5) is 31.8. The first kappa shape index (κ1) is 25.0. The number of amides is 1. The number of aryl methyl sites for hydroxylation is 1. The number of fused-ring (bicyclic) bond motifs is 1. The third-order valence-corrected chi connectivity index (χ3v) is 7.27. The predicted molar refractivity (Wildman–Crippen MR) is 152 cm³/mol. The van der Waals surface area contributed by atoms with Crippen molar-refractivity contribution in [1.29, 1.82) is 0 Å². The Labute approximate surface area is 228 Å². The van der Waals surface area contributed by atoms with Gasteiger partial charge in [-0.1, -0.05) is 60.7 Å². The van der Waals surface area contributed by atoms with Gasteiger partial charge in [-0.2, -0.15) is 4.98 Å². The van der Waals surface area contributed by atoms with Crippen molar-refractivity contribution >= 4 is 23.4 Å². The van der Waals surface area contributed by atoms with Crippen molar-refractivity contribution in [2.75, 3.05) is 43.1 Å². The molecule has 2 aromatic carbocycles. The normalized spacial score (nSPS) is 15.9. The molecule has 8 nitrogen and oxygen atoms in total. The Morgan fingerprint density at radius 3 is 2.51 bits per heavy atom. The summed E-state index contributed by atoms with van der Waals surface area (Å²) in [5.74, 6) is 1.29. The third kappa shape index (κ3) is 5.76. The lowest BCUT2D eigenvalue weighted by Crippen LogP contribution is -2.49. The largest absolute Gasteiger partial charge is 0.378 e. The van der Waals surface area contributed by atoms with Gasteiger partial charge >= 0.3 is 0 Å². The van der Waals surface area contributed by atoms with Crippen LogP contribution >= 0.6 is 0 Å². The van der Waals surface area contributed by atoms with Gasteiger partial charge in [-0.3, -0.25) is 9.78 Å². The maximum atomic E-state index is 13.6. The summed E-state index contributed by atoms with van der Waals surface area (Å²) in [7, 11) is 0. The molecule has 0 aliphatic carbocycles. The molecular formula is C31H32N6O2. The van der Waals surface area contributed by atoms with Crippen molar-refractivity contribution in [2.24, 2.45) is 0 Å². The highest BCUT2D eigenvalue weighted by Gasteiger charge is 2.27. The van der Waals surface area contributed by atoms with E-state index in [-0.39, 0.29) is 5.91 Å². The van der Waals surface area contributed by atoms with Crippen LogP contribution in [0.1, 0.15) is 17.5 Å². The van der Waals surface area contributed by atoms with Crippen LogP contribution in [0.25, 0.3) is 11.3 Å². The average Bonchev–Trinajstić information content (AvgIpc) is 3.01. The predicted octanol–water partition coefficient (Wildman–Crippen LogP) is 4.50. The molecule has 0 bridgehead atoms. The maximum absolute atomic E-state index is 13.6. The molecule has 0 saturated carbocycles. The zero-order chi connectivity index (χ0) is 26.4. The standard InChI is InChI=1S/C31H32N6O2/c38-30(36-16-18-39-19-17-36)27(20-23-8-3-1-4-9-23)34-31-32-14-13-29(35-31)37-15-7-12-25-22-33-26(21-28(25)37)24-10-5-2-6-11-24/h1-6,8-11,13-14,21-22,27H,7,12,15-20H2,(H,32,34,35)/t27-/m1/s1. The number of rotatable bonds is 7. The highest BCUT2D eigenvalue weighted by Crippen LogP contribution is 2.35. The molecule has 1 amide bonds. The zero-order valence-electron chi connectivity index (χ0n) is 21.9. The second kappa shape index (κ2) is 11.6. The quantitative estimate of drug-likeness (QED) is 0.384. The number of hydrogen-bond donors (Lipinski definition) is 1. The number of morpholine rings is 1. The number of hydrogen-bond acceptors (Lipinski definition) is 7. The molecule has 0 radical (unpaired) electrons. The Hall–Kier alpha value is -4.30. The van der Waals surface area contributed by atoms with Crippen LogP contribution in [0.4, 0.5) is 17.5 Å². The molecule has 1 atom stereocenters. The van der Waals surface area contributed by atoms with Gasteiger partial charge in [0, 0.05) is 49.7 Å². The molecule has 2 aromatic heterocycles. The highest BCUT2D eigenvalue weighted by molar-refractivity contribution is 5.85. The summed E-state index contributed by atoms with van der Waals surface area (Å²) in [6.07, 6.45) is 6.29. The fourth-order valence-electron chi connectivity index (χ4n) is 5.25. The second-order valence-electron chi connectivity index (χ2n) is 9.88. The van der Waals surface area contributed by atoms with E-state index >= 15 is 0 Å². The number of ether oxygens (including phenoxy) is 1. The van der Waals surface area contributed by atoms with Gasteiger partial charge in [0.2, 0.25) is 11.9 Å². The molecule has 2 aliphatic rings. The van der Waals surface area contributed by atoms with Gasteiger partial charge in [0.25, 0.3) is 0 Å². The molecule has 1 N–H and O–H groups in total. The number of nitrogens with zero attached hydrogens (tertiary/aromatic N) is 5. The first-order valence-corrected chi connectivity index (χ1v) is 13.6. The van der Waals surface area contributed by atoms with E-state index in [2.05, 4.69) is 33.4 Å². The van der Waals surface area contributed by atoms with Crippen LogP contribution in [-0.4, -0.2) is 64.6 Å². The summed E-state index contributed by atoms with van der Waals surface area (Å²) in [5.41, 5.74) is 5.43. The van der Waals surface area contributed by atoms with E-state index in [9.17, 15) is 4.79 Å². The second-order valence-corrected chi connectivity index (χ2v) is 9.88. The van der Waals surface area contributed by atoms with Crippen molar-refractivity contribution in [3.63, 3.8) is 0 Å². The zero-order valence-corrected chi connectivity index (χ0v) is 21.9. The Kier molecular flexibility index (Phi) is 7.45. The van der Waals surface area contributed by atoms with E-state index in [1.165, 1.54) is 5.56 Å². The molecule has 4 aromatic rings. The number of nitrogens with one attached hydrogen (secondary N) is 1. The Balaban J connectivity index is 1.28. The van der Waals surface area contributed by atoms with Gasteiger partial charge < -0.3 is 19.9 Å². The van der Waals surface area contributed by atoms with Gasteiger partial charge in [0.15, 0.2) is 0 Å². The van der Waals surface area contributed by atoms with Crippen molar-refractivity contribution in [3.05, 3.63) is 96.3 Å². The Morgan fingerprint density at radius 2 is 1.72 bits per heavy atom. The molecular weight excluding hydrogens is 488 g/mol. The Morgan fingerprint density at radius 1 is 0.949 bits per heavy atom. The summed E-state index contributed by atoms with van der Waals surface area (Å²) in [6.45, 7) is 3.15. The molecule has 2 aliphatic heterocycles. The minimum atomic E-state index is -0.483. The third-order valence-electron chi connectivity index (χ3n) is 7.27. The lowest BCUT2D eigenvalue weighted by molar-refractivity contribution is -0.136. The van der Waals surface area contributed by atoms with Crippen molar-refractivity contribution in [3.8, 4) is 11.3 Å². The van der Waals surface area contributed by atoms with Gasteiger partial charge in [-0.05, 0) is 36.1 Å². The van der Waals surface area contributed by atoms with Crippen LogP contribution < -0.4 is 10.2 Å². The topological polar surface area (TPSA) is 83.5 Å². The van der Waals surface area contributed by atoms with E-state index < -0.39 is 6.04 Å². The van der Waals surface area contributed by atoms with E-state index in [1.54, 1.807) is 6.20 Å². The molecule has 1 saturated heterocycles. The van der Waals surface area contributed by atoms with Crippen molar-refractivity contribution in [1.82, 2.24) is 19.9 Å². The maximum Gasteiger partial charge on any atom is 0.245 e. The minimum absolute atomic E-state index is 0.0399. The average molecular weight is 521 g/mol. The number of carbonyl (C=O) groups excluding carboxylic acids is 1. The van der Waals surface area contributed by atoms with Crippen LogP contribution in [0.3, 0.4) is 0 Å². The minimum Gasteiger partial charge on any atom is -0.378 e. The molecule has 4 heterocycles. The number of carbonyl (C=O) groups is 1. The number of pyridine rings is 1. The van der Waals surface area contributed by atoms with Gasteiger partial charge in [-0.15, -0.1) is 0 Å². The van der Waals surface area contributed by atoms with Gasteiger partial charge in [0.05, 0.1) is 18.9 Å². The van der Waals surface area contributed by atoms with Crippen molar-refractivity contribution < 1.29 is 9.53 Å². The molecule has 8 heteroatoms. The Bertz CT molecular complexity index is 1410. The van der Waals surface area contributed by atoms with Crippen molar-refractivity contribution in [2.45, 2.75) is 25.3 Å². The van der Waals surface area contributed by atoms with Crippen LogP contribution in [-0.2, 0) is 22.4 Å². The van der Waals surface area contributed by atoms with Crippen LogP contribution in [0, 0.1) is 0 Å². The molecule has 39 heavy (non-hydrogen) atoms. The summed E-state index contributed by atoms with van der Waals surface area (Å²) in [6, 6.07) is 23.9. The smallest absolute Gasteiger partial charge is 0.245 e. The van der Waals surface area contributed by atoms with E-state index in [4.69, 9.17) is 14.7 Å². The van der Waals surface area contributed by atoms with Crippen LogP contribution in [0.15, 0.2) is 85.2 Å². The summed E-state index contributed by atoms with van der Waals surface area (Å²) in [5, 5.41) is 3.37.